The molecular weight excluding hydrogens is 220 g/mol. The van der Waals surface area contributed by atoms with Crippen LogP contribution in [0.4, 0.5) is 0 Å². The van der Waals surface area contributed by atoms with Gasteiger partial charge >= 0.3 is 5.97 Å². The Balaban J connectivity index is 4.45. The van der Waals surface area contributed by atoms with Crippen molar-refractivity contribution < 1.29 is 14.7 Å². The van der Waals surface area contributed by atoms with E-state index in [1.807, 2.05) is 27.7 Å². The summed E-state index contributed by atoms with van der Waals surface area (Å²) in [5.74, 6) is -1.14. The van der Waals surface area contributed by atoms with E-state index < -0.39 is 18.1 Å². The van der Waals surface area contributed by atoms with Crippen molar-refractivity contribution in [1.29, 1.82) is 0 Å². The highest BCUT2D eigenvalue weighted by Gasteiger charge is 2.26. The van der Waals surface area contributed by atoms with Gasteiger partial charge in [-0.05, 0) is 18.3 Å². The number of hydrogen-bond acceptors (Lipinski definition) is 3. The van der Waals surface area contributed by atoms with E-state index in [9.17, 15) is 9.59 Å². The lowest BCUT2D eigenvalue weighted by Crippen LogP contribution is -2.51. The Morgan fingerprint density at radius 3 is 2.18 bits per heavy atom. The van der Waals surface area contributed by atoms with Crippen LogP contribution in [0.1, 0.15) is 40.5 Å². The fourth-order valence-electron chi connectivity index (χ4n) is 1.47. The summed E-state index contributed by atoms with van der Waals surface area (Å²) in [4.78, 5) is 22.7. The Kier molecular flexibility index (Phi) is 6.80. The number of aliphatic carboxylic acids is 1. The first-order chi connectivity index (χ1) is 7.79. The lowest BCUT2D eigenvalue weighted by molar-refractivity contribution is -0.142. The lowest BCUT2D eigenvalue weighted by Gasteiger charge is -2.22. The van der Waals surface area contributed by atoms with Gasteiger partial charge in [-0.3, -0.25) is 4.79 Å². The maximum atomic E-state index is 11.7. The summed E-state index contributed by atoms with van der Waals surface area (Å²) in [5.41, 5.74) is 5.75. The molecule has 0 aliphatic carbocycles. The van der Waals surface area contributed by atoms with Crippen LogP contribution in [0, 0.1) is 11.8 Å². The van der Waals surface area contributed by atoms with Gasteiger partial charge in [0.05, 0.1) is 6.04 Å². The van der Waals surface area contributed by atoms with Crippen LogP contribution in [-0.4, -0.2) is 29.1 Å². The van der Waals surface area contributed by atoms with Gasteiger partial charge in [-0.15, -0.1) is 0 Å². The van der Waals surface area contributed by atoms with Crippen LogP contribution in [0.15, 0.2) is 0 Å². The molecule has 1 amide bonds. The molecule has 0 fully saturated rings. The Bertz CT molecular complexity index is 266. The highest BCUT2D eigenvalue weighted by atomic mass is 16.4. The number of carboxylic acid groups (broad SMARTS) is 1. The van der Waals surface area contributed by atoms with E-state index in [4.69, 9.17) is 10.8 Å². The number of rotatable bonds is 7. The first kappa shape index (κ1) is 15.9. The minimum atomic E-state index is -1.01. The zero-order valence-corrected chi connectivity index (χ0v) is 11.1. The van der Waals surface area contributed by atoms with Crippen LogP contribution < -0.4 is 11.1 Å². The molecule has 0 bridgehead atoms. The number of nitrogens with two attached hydrogens (primary N) is 1. The van der Waals surface area contributed by atoms with Crippen LogP contribution in [0.2, 0.25) is 0 Å². The van der Waals surface area contributed by atoms with Gasteiger partial charge in [0.2, 0.25) is 5.91 Å². The summed E-state index contributed by atoms with van der Waals surface area (Å²) in [6.07, 6.45) is 1.20. The number of carbonyl (C=O) groups is 2. The molecular formula is C12H24N2O3. The van der Waals surface area contributed by atoms with Crippen molar-refractivity contribution in [3.63, 3.8) is 0 Å². The second kappa shape index (κ2) is 7.27. The first-order valence-corrected chi connectivity index (χ1v) is 6.08. The minimum absolute atomic E-state index is 0.0449. The van der Waals surface area contributed by atoms with E-state index in [1.54, 1.807) is 0 Å². The molecule has 0 rings (SSSR count). The van der Waals surface area contributed by atoms with Crippen LogP contribution >= 0.6 is 0 Å². The maximum Gasteiger partial charge on any atom is 0.326 e. The molecule has 0 saturated carbocycles. The summed E-state index contributed by atoms with van der Waals surface area (Å²) in [6.45, 7) is 7.65. The third-order valence-electron chi connectivity index (χ3n) is 2.88. The van der Waals surface area contributed by atoms with Crippen molar-refractivity contribution in [2.45, 2.75) is 52.6 Å². The molecule has 4 N–H and O–H groups in total. The van der Waals surface area contributed by atoms with E-state index in [1.165, 1.54) is 0 Å². The summed E-state index contributed by atoms with van der Waals surface area (Å²) in [7, 11) is 0. The predicted octanol–water partition coefficient (Wildman–Crippen LogP) is 0.975. The normalized spacial score (nSPS) is 16.4. The van der Waals surface area contributed by atoms with Crippen LogP contribution in [0.5, 0.6) is 0 Å². The molecule has 2 unspecified atom stereocenters. The summed E-state index contributed by atoms with van der Waals surface area (Å²) < 4.78 is 0. The van der Waals surface area contributed by atoms with Gasteiger partial charge in [-0.25, -0.2) is 4.79 Å². The maximum absolute atomic E-state index is 11.7. The number of carboxylic acids is 1. The average molecular weight is 244 g/mol. The van der Waals surface area contributed by atoms with Crippen LogP contribution in [0.25, 0.3) is 0 Å². The summed E-state index contributed by atoms with van der Waals surface area (Å²) in [5, 5.41) is 11.5. The fraction of sp³-hybridized carbons (Fsp3) is 0.833. The quantitative estimate of drug-likeness (QED) is 0.622. The lowest BCUT2D eigenvalue weighted by atomic mass is 9.98. The van der Waals surface area contributed by atoms with E-state index in [-0.39, 0.29) is 17.7 Å². The largest absolute Gasteiger partial charge is 0.480 e. The molecule has 5 heteroatoms. The smallest absolute Gasteiger partial charge is 0.326 e. The molecule has 0 aromatic carbocycles. The Morgan fingerprint density at radius 1 is 1.29 bits per heavy atom. The second-order valence-corrected chi connectivity index (χ2v) is 4.94. The van der Waals surface area contributed by atoms with Gasteiger partial charge in [0.1, 0.15) is 6.04 Å². The van der Waals surface area contributed by atoms with Gasteiger partial charge in [0.25, 0.3) is 0 Å². The molecule has 3 atom stereocenters. The highest BCUT2D eigenvalue weighted by Crippen LogP contribution is 2.08. The van der Waals surface area contributed by atoms with Crippen LogP contribution in [-0.2, 0) is 9.59 Å². The zero-order chi connectivity index (χ0) is 13.6. The topological polar surface area (TPSA) is 92.4 Å². The zero-order valence-electron chi connectivity index (χ0n) is 11.1. The standard InChI is InChI=1S/C12H24N2O3/c1-5-8(4)10(13)11(15)14-9(12(16)17)6-7(2)3/h7-10H,5-6,13H2,1-4H3,(H,14,15)(H,16,17)/t8?,9-,10?/m1/s1. The van der Waals surface area contributed by atoms with Crippen molar-refractivity contribution in [3.8, 4) is 0 Å². The van der Waals surface area contributed by atoms with Gasteiger partial charge in [-0.2, -0.15) is 0 Å². The molecule has 0 aliphatic heterocycles. The van der Waals surface area contributed by atoms with Gasteiger partial charge in [0.15, 0.2) is 0 Å². The monoisotopic (exact) mass is 244 g/mol. The van der Waals surface area contributed by atoms with Crippen molar-refractivity contribution in [2.75, 3.05) is 0 Å². The molecule has 0 radical (unpaired) electrons. The fourth-order valence-corrected chi connectivity index (χ4v) is 1.47. The van der Waals surface area contributed by atoms with E-state index >= 15 is 0 Å². The average Bonchev–Trinajstić information content (AvgIpc) is 2.25. The van der Waals surface area contributed by atoms with Crippen molar-refractivity contribution in [2.24, 2.45) is 17.6 Å². The summed E-state index contributed by atoms with van der Waals surface area (Å²) >= 11 is 0. The molecule has 0 aromatic rings. The Morgan fingerprint density at radius 2 is 1.82 bits per heavy atom. The highest BCUT2D eigenvalue weighted by molar-refractivity contribution is 5.86. The number of nitrogens with one attached hydrogen (secondary N) is 1. The third kappa shape index (κ3) is 5.68. The van der Waals surface area contributed by atoms with E-state index in [2.05, 4.69) is 5.32 Å². The van der Waals surface area contributed by atoms with Crippen molar-refractivity contribution >= 4 is 11.9 Å². The Labute approximate surface area is 103 Å². The molecule has 17 heavy (non-hydrogen) atoms. The molecule has 5 nitrogen and oxygen atoms in total. The van der Waals surface area contributed by atoms with E-state index in [0.717, 1.165) is 6.42 Å². The van der Waals surface area contributed by atoms with E-state index in [0.29, 0.717) is 6.42 Å². The van der Waals surface area contributed by atoms with Crippen molar-refractivity contribution in [1.82, 2.24) is 5.32 Å². The molecule has 100 valence electrons. The van der Waals surface area contributed by atoms with Crippen molar-refractivity contribution in [3.05, 3.63) is 0 Å². The second-order valence-electron chi connectivity index (χ2n) is 4.94. The van der Waals surface area contributed by atoms with Gasteiger partial charge in [-0.1, -0.05) is 34.1 Å². The molecule has 0 saturated heterocycles. The number of carbonyl (C=O) groups excluding carboxylic acids is 1. The third-order valence-corrected chi connectivity index (χ3v) is 2.88. The first-order valence-electron chi connectivity index (χ1n) is 6.08. The van der Waals surface area contributed by atoms with Crippen LogP contribution in [0.3, 0.4) is 0 Å². The molecule has 0 heterocycles. The molecule has 0 aliphatic rings. The van der Waals surface area contributed by atoms with Gasteiger partial charge < -0.3 is 16.2 Å². The Hall–Kier alpha value is -1.10. The SMILES string of the molecule is CCC(C)C(N)C(=O)N[C@H](CC(C)C)C(=O)O. The van der Waals surface area contributed by atoms with Gasteiger partial charge in [0, 0.05) is 0 Å². The number of hydrogen-bond donors (Lipinski definition) is 3. The predicted molar refractivity (Wildman–Crippen MR) is 66.5 cm³/mol. The molecule has 0 spiro atoms. The number of amides is 1. The minimum Gasteiger partial charge on any atom is -0.480 e. The summed E-state index contributed by atoms with van der Waals surface area (Å²) in [6, 6.07) is -1.49. The molecule has 0 aromatic heterocycles.